The van der Waals surface area contributed by atoms with Gasteiger partial charge in [0.2, 0.25) is 0 Å². The van der Waals surface area contributed by atoms with Gasteiger partial charge in [-0.15, -0.1) is 11.3 Å². The largest absolute Gasteiger partial charge is 0.317 e. The summed E-state index contributed by atoms with van der Waals surface area (Å²) in [5.41, 5.74) is 1.21. The third-order valence-electron chi connectivity index (χ3n) is 4.61. The zero-order chi connectivity index (χ0) is 14.0. The van der Waals surface area contributed by atoms with E-state index in [1.165, 1.54) is 41.3 Å². The molecule has 1 heterocycles. The van der Waals surface area contributed by atoms with Crippen molar-refractivity contribution in [2.45, 2.75) is 64.6 Å². The fraction of sp³-hybridized carbons (Fsp3) is 0.800. The van der Waals surface area contributed by atoms with Crippen molar-refractivity contribution in [3.63, 3.8) is 0 Å². The predicted octanol–water partition coefficient (Wildman–Crippen LogP) is 3.28. The van der Waals surface area contributed by atoms with E-state index in [2.05, 4.69) is 50.1 Å². The fourth-order valence-electron chi connectivity index (χ4n) is 3.21. The highest BCUT2D eigenvalue weighted by Gasteiger charge is 2.27. The highest BCUT2D eigenvalue weighted by atomic mass is 32.1. The van der Waals surface area contributed by atoms with E-state index in [1.54, 1.807) is 0 Å². The Bertz CT molecular complexity index is 408. The molecule has 1 N–H and O–H groups in total. The van der Waals surface area contributed by atoms with Crippen LogP contribution in [0.25, 0.3) is 0 Å². The van der Waals surface area contributed by atoms with E-state index in [0.717, 1.165) is 12.1 Å². The summed E-state index contributed by atoms with van der Waals surface area (Å²) in [7, 11) is 4.37. The highest BCUT2D eigenvalue weighted by Crippen LogP contribution is 2.32. The van der Waals surface area contributed by atoms with Gasteiger partial charge in [-0.3, -0.25) is 4.90 Å². The quantitative estimate of drug-likeness (QED) is 0.918. The Balaban J connectivity index is 1.99. The van der Waals surface area contributed by atoms with Gasteiger partial charge in [-0.2, -0.15) is 0 Å². The number of aryl methyl sites for hydroxylation is 2. The van der Waals surface area contributed by atoms with Gasteiger partial charge in [0.25, 0.3) is 0 Å². The van der Waals surface area contributed by atoms with E-state index in [9.17, 15) is 0 Å². The molecule has 0 amide bonds. The molecule has 1 aromatic heterocycles. The van der Waals surface area contributed by atoms with Crippen molar-refractivity contribution in [2.24, 2.45) is 0 Å². The highest BCUT2D eigenvalue weighted by molar-refractivity contribution is 7.11. The summed E-state index contributed by atoms with van der Waals surface area (Å²) in [4.78, 5) is 8.57. The van der Waals surface area contributed by atoms with Crippen molar-refractivity contribution in [2.75, 3.05) is 14.1 Å². The number of rotatable bonds is 4. The summed E-state index contributed by atoms with van der Waals surface area (Å²) in [5.74, 6) is 0. The van der Waals surface area contributed by atoms with Crippen LogP contribution in [0, 0.1) is 13.8 Å². The van der Waals surface area contributed by atoms with E-state index in [4.69, 9.17) is 0 Å². The third-order valence-corrected chi connectivity index (χ3v) is 5.85. The second kappa shape index (κ2) is 6.33. The summed E-state index contributed by atoms with van der Waals surface area (Å²) in [5, 5.41) is 4.60. The maximum absolute atomic E-state index is 4.57. The fourth-order valence-corrected chi connectivity index (χ4v) is 4.24. The van der Waals surface area contributed by atoms with Gasteiger partial charge in [0, 0.05) is 23.0 Å². The molecule has 1 aliphatic carbocycles. The van der Waals surface area contributed by atoms with Crippen LogP contribution in [0.5, 0.6) is 0 Å². The van der Waals surface area contributed by atoms with Gasteiger partial charge in [-0.05, 0) is 60.5 Å². The van der Waals surface area contributed by atoms with Crippen LogP contribution in [0.4, 0.5) is 0 Å². The van der Waals surface area contributed by atoms with Crippen LogP contribution < -0.4 is 5.32 Å². The van der Waals surface area contributed by atoms with Crippen molar-refractivity contribution in [3.8, 4) is 0 Å². The molecule has 0 spiro atoms. The monoisotopic (exact) mass is 281 g/mol. The van der Waals surface area contributed by atoms with Crippen LogP contribution in [0.3, 0.4) is 0 Å². The first-order chi connectivity index (χ1) is 9.02. The minimum atomic E-state index is 0.488. The lowest BCUT2D eigenvalue weighted by atomic mass is 9.90. The number of thiazole rings is 1. The first-order valence-electron chi connectivity index (χ1n) is 7.36. The van der Waals surface area contributed by atoms with Crippen molar-refractivity contribution in [1.29, 1.82) is 0 Å². The van der Waals surface area contributed by atoms with E-state index >= 15 is 0 Å². The van der Waals surface area contributed by atoms with Crippen molar-refractivity contribution in [1.82, 2.24) is 15.2 Å². The molecule has 108 valence electrons. The maximum Gasteiger partial charge on any atom is 0.0900 e. The molecule has 19 heavy (non-hydrogen) atoms. The molecule has 3 nitrogen and oxygen atoms in total. The second-order valence-electron chi connectivity index (χ2n) is 5.82. The summed E-state index contributed by atoms with van der Waals surface area (Å²) in [6, 6.07) is 1.94. The number of hydrogen-bond donors (Lipinski definition) is 1. The van der Waals surface area contributed by atoms with Crippen LogP contribution in [-0.2, 0) is 0 Å². The Kier molecular flexibility index (Phi) is 4.98. The average molecular weight is 281 g/mol. The zero-order valence-corrected chi connectivity index (χ0v) is 13.7. The molecule has 0 aliphatic heterocycles. The average Bonchev–Trinajstić information content (AvgIpc) is 2.76. The molecule has 0 radical (unpaired) electrons. The number of aromatic nitrogens is 1. The maximum atomic E-state index is 4.57. The molecule has 1 saturated carbocycles. The van der Waals surface area contributed by atoms with Gasteiger partial charge in [0.1, 0.15) is 0 Å². The van der Waals surface area contributed by atoms with Gasteiger partial charge < -0.3 is 5.32 Å². The number of nitrogens with one attached hydrogen (secondary N) is 1. The normalized spacial score (nSPS) is 25.8. The third kappa shape index (κ3) is 3.36. The summed E-state index contributed by atoms with van der Waals surface area (Å²) >= 11 is 1.85. The van der Waals surface area contributed by atoms with Crippen molar-refractivity contribution < 1.29 is 0 Å². The molecule has 1 aliphatic rings. The summed E-state index contributed by atoms with van der Waals surface area (Å²) < 4.78 is 0. The van der Waals surface area contributed by atoms with E-state index in [-0.39, 0.29) is 0 Å². The molecule has 1 unspecified atom stereocenters. The van der Waals surface area contributed by atoms with Crippen LogP contribution in [0.1, 0.15) is 54.2 Å². The van der Waals surface area contributed by atoms with Gasteiger partial charge in [-0.25, -0.2) is 4.98 Å². The van der Waals surface area contributed by atoms with Crippen LogP contribution in [0.15, 0.2) is 0 Å². The lowest BCUT2D eigenvalue weighted by Crippen LogP contribution is -2.40. The number of nitrogens with zero attached hydrogens (tertiary/aromatic N) is 2. The van der Waals surface area contributed by atoms with E-state index in [0.29, 0.717) is 6.04 Å². The van der Waals surface area contributed by atoms with Crippen molar-refractivity contribution >= 4 is 11.3 Å². The Labute approximate surface area is 121 Å². The first-order valence-corrected chi connectivity index (χ1v) is 8.17. The standard InChI is InChI=1S/C15H27N3S/c1-10-15(19-12(3)17-10)11(2)18(5)14-8-6-13(16-4)7-9-14/h11,13-14,16H,6-9H2,1-5H3. The molecule has 4 heteroatoms. The minimum absolute atomic E-state index is 0.488. The molecule has 1 atom stereocenters. The summed E-state index contributed by atoms with van der Waals surface area (Å²) in [6.45, 7) is 6.57. The second-order valence-corrected chi connectivity index (χ2v) is 7.05. The lowest BCUT2D eigenvalue weighted by Gasteiger charge is -2.37. The predicted molar refractivity (Wildman–Crippen MR) is 82.9 cm³/mol. The Morgan fingerprint density at radius 1 is 1.26 bits per heavy atom. The zero-order valence-electron chi connectivity index (χ0n) is 12.9. The van der Waals surface area contributed by atoms with Crippen LogP contribution >= 0.6 is 11.3 Å². The van der Waals surface area contributed by atoms with Gasteiger partial charge in [-0.1, -0.05) is 0 Å². The molecule has 1 fully saturated rings. The van der Waals surface area contributed by atoms with Crippen LogP contribution in [-0.4, -0.2) is 36.1 Å². The molecular formula is C15H27N3S. The molecule has 0 saturated heterocycles. The molecule has 1 aromatic rings. The van der Waals surface area contributed by atoms with Crippen molar-refractivity contribution in [3.05, 3.63) is 15.6 Å². The smallest absolute Gasteiger partial charge is 0.0900 e. The first kappa shape index (κ1) is 14.9. The summed E-state index contributed by atoms with van der Waals surface area (Å²) in [6.07, 6.45) is 5.23. The van der Waals surface area contributed by atoms with E-state index < -0.39 is 0 Å². The Morgan fingerprint density at radius 3 is 2.37 bits per heavy atom. The topological polar surface area (TPSA) is 28.2 Å². The van der Waals surface area contributed by atoms with Crippen LogP contribution in [0.2, 0.25) is 0 Å². The molecule has 0 bridgehead atoms. The van der Waals surface area contributed by atoms with E-state index in [1.807, 2.05) is 11.3 Å². The van der Waals surface area contributed by atoms with Gasteiger partial charge in [0.15, 0.2) is 0 Å². The Morgan fingerprint density at radius 2 is 1.89 bits per heavy atom. The molecule has 0 aromatic carbocycles. The molecule has 2 rings (SSSR count). The lowest BCUT2D eigenvalue weighted by molar-refractivity contribution is 0.137. The minimum Gasteiger partial charge on any atom is -0.317 e. The molecular weight excluding hydrogens is 254 g/mol. The van der Waals surface area contributed by atoms with Gasteiger partial charge in [0.05, 0.1) is 10.7 Å². The Hall–Kier alpha value is -0.450. The SMILES string of the molecule is CNC1CCC(N(C)C(C)c2sc(C)nc2C)CC1. The van der Waals surface area contributed by atoms with Gasteiger partial charge >= 0.3 is 0 Å². The number of hydrogen-bond acceptors (Lipinski definition) is 4.